The van der Waals surface area contributed by atoms with Gasteiger partial charge < -0.3 is 14.5 Å². The molecule has 0 saturated carbocycles. The van der Waals surface area contributed by atoms with E-state index in [1.54, 1.807) is 24.3 Å². The molecule has 6 nitrogen and oxygen atoms in total. The number of fused-ring (bicyclic) bond motifs is 3. The number of furan rings is 1. The number of pyridine rings is 1. The van der Waals surface area contributed by atoms with Gasteiger partial charge in [0.25, 0.3) is 5.91 Å². The summed E-state index contributed by atoms with van der Waals surface area (Å²) < 4.78 is 10.6. The zero-order chi connectivity index (χ0) is 21.2. The number of thiophene rings is 1. The Morgan fingerprint density at radius 2 is 1.68 bits per heavy atom. The molecule has 5 aromatic rings. The molecule has 152 valence electrons. The number of hydrogen-bond donors (Lipinski definition) is 1. The Balaban J connectivity index is 1.33. The molecule has 7 heteroatoms. The lowest BCUT2D eigenvalue weighted by molar-refractivity contribution is 0.0475. The highest BCUT2D eigenvalue weighted by Crippen LogP contribution is 2.28. The molecule has 0 unspecified atom stereocenters. The lowest BCUT2D eigenvalue weighted by Gasteiger charge is -2.10. The highest BCUT2D eigenvalue weighted by atomic mass is 32.1. The van der Waals surface area contributed by atoms with Gasteiger partial charge in [0.2, 0.25) is 0 Å². The maximum absolute atomic E-state index is 12.6. The molecule has 2 aromatic carbocycles. The van der Waals surface area contributed by atoms with Gasteiger partial charge in [-0.1, -0.05) is 42.5 Å². The van der Waals surface area contributed by atoms with Crippen molar-refractivity contribution in [1.82, 2.24) is 4.98 Å². The van der Waals surface area contributed by atoms with Crippen molar-refractivity contribution in [3.05, 3.63) is 95.4 Å². The van der Waals surface area contributed by atoms with E-state index >= 15 is 0 Å². The lowest BCUT2D eigenvalue weighted by Crippen LogP contribution is -2.09. The Kier molecular flexibility index (Phi) is 4.93. The fourth-order valence-corrected chi connectivity index (χ4v) is 4.18. The first-order valence-electron chi connectivity index (χ1n) is 9.57. The molecule has 0 radical (unpaired) electrons. The van der Waals surface area contributed by atoms with Crippen LogP contribution in [0.25, 0.3) is 21.7 Å². The van der Waals surface area contributed by atoms with Gasteiger partial charge in [-0.25, -0.2) is 9.78 Å². The van der Waals surface area contributed by atoms with E-state index in [9.17, 15) is 9.59 Å². The number of hydrogen-bond acceptors (Lipinski definition) is 6. The molecule has 0 saturated heterocycles. The summed E-state index contributed by atoms with van der Waals surface area (Å²) in [5, 5.41) is 6.31. The van der Waals surface area contributed by atoms with Crippen LogP contribution in [0.2, 0.25) is 0 Å². The first-order chi connectivity index (χ1) is 15.2. The van der Waals surface area contributed by atoms with Crippen LogP contribution in [0.3, 0.4) is 0 Å². The SMILES string of the molecule is O=C(Nc1ccc(C(=O)OCc2nc3ccccc3c3ccccc23)s1)c1ccco1. The molecule has 0 fully saturated rings. The number of para-hydroxylation sites is 1. The van der Waals surface area contributed by atoms with Gasteiger partial charge >= 0.3 is 5.97 Å². The molecule has 0 atom stereocenters. The predicted octanol–water partition coefficient (Wildman–Crippen LogP) is 5.65. The Morgan fingerprint density at radius 1 is 0.903 bits per heavy atom. The van der Waals surface area contributed by atoms with E-state index in [4.69, 9.17) is 14.1 Å². The molecule has 5 rings (SSSR count). The normalized spacial score (nSPS) is 11.0. The number of anilines is 1. The third kappa shape index (κ3) is 3.78. The summed E-state index contributed by atoms with van der Waals surface area (Å²) in [7, 11) is 0. The van der Waals surface area contributed by atoms with Crippen LogP contribution in [0.5, 0.6) is 0 Å². The van der Waals surface area contributed by atoms with E-state index in [1.807, 2.05) is 48.5 Å². The Labute approximate surface area is 181 Å². The average molecular weight is 428 g/mol. The van der Waals surface area contributed by atoms with Gasteiger partial charge in [0.05, 0.1) is 22.5 Å². The van der Waals surface area contributed by atoms with Crippen LogP contribution in [0.1, 0.15) is 25.9 Å². The van der Waals surface area contributed by atoms with Crippen molar-refractivity contribution >= 4 is 49.9 Å². The van der Waals surface area contributed by atoms with Crippen LogP contribution in [0.15, 0.2) is 83.5 Å². The number of ether oxygens (including phenoxy) is 1. The van der Waals surface area contributed by atoms with Gasteiger partial charge in [0.15, 0.2) is 5.76 Å². The molecule has 0 aliphatic rings. The maximum Gasteiger partial charge on any atom is 0.348 e. The van der Waals surface area contributed by atoms with Gasteiger partial charge in [-0.2, -0.15) is 0 Å². The van der Waals surface area contributed by atoms with Crippen LogP contribution < -0.4 is 5.32 Å². The number of aromatic nitrogens is 1. The van der Waals surface area contributed by atoms with E-state index in [0.29, 0.717) is 15.6 Å². The van der Waals surface area contributed by atoms with Gasteiger partial charge in [0.1, 0.15) is 11.5 Å². The molecule has 0 bridgehead atoms. The number of nitrogens with zero attached hydrogens (tertiary/aromatic N) is 1. The number of nitrogens with one attached hydrogen (secondary N) is 1. The van der Waals surface area contributed by atoms with E-state index in [2.05, 4.69) is 5.32 Å². The van der Waals surface area contributed by atoms with Crippen molar-refractivity contribution in [1.29, 1.82) is 0 Å². The molecule has 3 heterocycles. The second-order valence-electron chi connectivity index (χ2n) is 6.79. The number of benzene rings is 2. The van der Waals surface area contributed by atoms with Crippen LogP contribution in [0.4, 0.5) is 5.00 Å². The quantitative estimate of drug-likeness (QED) is 0.289. The third-order valence-corrected chi connectivity index (χ3v) is 5.80. The fraction of sp³-hybridized carbons (Fsp3) is 0.0417. The number of rotatable bonds is 5. The van der Waals surface area contributed by atoms with Gasteiger partial charge in [0, 0.05) is 10.8 Å². The van der Waals surface area contributed by atoms with Crippen molar-refractivity contribution in [2.24, 2.45) is 0 Å². The number of esters is 1. The highest BCUT2D eigenvalue weighted by molar-refractivity contribution is 7.18. The maximum atomic E-state index is 12.6. The van der Waals surface area contributed by atoms with Crippen LogP contribution >= 0.6 is 11.3 Å². The van der Waals surface area contributed by atoms with Crippen molar-refractivity contribution in [2.45, 2.75) is 6.61 Å². The molecule has 1 N–H and O–H groups in total. The van der Waals surface area contributed by atoms with Crippen molar-refractivity contribution in [2.75, 3.05) is 5.32 Å². The summed E-state index contributed by atoms with van der Waals surface area (Å²) in [6, 6.07) is 22.3. The topological polar surface area (TPSA) is 81.4 Å². The second-order valence-corrected chi connectivity index (χ2v) is 7.88. The predicted molar refractivity (Wildman–Crippen MR) is 119 cm³/mol. The summed E-state index contributed by atoms with van der Waals surface area (Å²) in [6.45, 7) is 0.0518. The summed E-state index contributed by atoms with van der Waals surface area (Å²) in [6.07, 6.45) is 1.43. The van der Waals surface area contributed by atoms with E-state index in [-0.39, 0.29) is 18.3 Å². The van der Waals surface area contributed by atoms with Crippen LogP contribution in [0, 0.1) is 0 Å². The molecule has 0 aliphatic heterocycles. The first-order valence-corrected chi connectivity index (χ1v) is 10.4. The summed E-state index contributed by atoms with van der Waals surface area (Å²) >= 11 is 1.14. The molecular formula is C24H16N2O4S. The van der Waals surface area contributed by atoms with Crippen molar-refractivity contribution in [3.63, 3.8) is 0 Å². The molecule has 0 aliphatic carbocycles. The largest absolute Gasteiger partial charge is 0.459 e. The lowest BCUT2D eigenvalue weighted by atomic mass is 10.0. The Bertz CT molecular complexity index is 1410. The molecule has 3 aromatic heterocycles. The summed E-state index contributed by atoms with van der Waals surface area (Å²) in [5.41, 5.74) is 1.55. The van der Waals surface area contributed by atoms with Gasteiger partial charge in [-0.15, -0.1) is 11.3 Å². The standard InChI is InChI=1S/C24H16N2O4S/c27-23(20-10-5-13-29-20)26-22-12-11-21(31-22)24(28)30-14-19-17-8-2-1-6-15(17)16-7-3-4-9-18(16)25-19/h1-13H,14H2,(H,26,27). The summed E-state index contributed by atoms with van der Waals surface area (Å²) in [4.78, 5) is 29.7. The number of carbonyl (C=O) groups excluding carboxylic acids is 2. The Morgan fingerprint density at radius 3 is 2.48 bits per heavy atom. The third-order valence-electron chi connectivity index (χ3n) is 4.82. The molecule has 31 heavy (non-hydrogen) atoms. The Hall–Kier alpha value is -3.97. The zero-order valence-electron chi connectivity index (χ0n) is 16.2. The molecular weight excluding hydrogens is 412 g/mol. The average Bonchev–Trinajstić information content (AvgIpc) is 3.50. The van der Waals surface area contributed by atoms with Crippen LogP contribution in [-0.4, -0.2) is 16.9 Å². The molecule has 0 spiro atoms. The number of carbonyl (C=O) groups is 2. The zero-order valence-corrected chi connectivity index (χ0v) is 17.0. The van der Waals surface area contributed by atoms with Crippen LogP contribution in [-0.2, 0) is 11.3 Å². The van der Waals surface area contributed by atoms with Gasteiger partial charge in [-0.3, -0.25) is 4.79 Å². The number of amides is 1. The highest BCUT2D eigenvalue weighted by Gasteiger charge is 2.16. The van der Waals surface area contributed by atoms with Crippen molar-refractivity contribution < 1.29 is 18.7 Å². The fourth-order valence-electron chi connectivity index (χ4n) is 3.39. The van der Waals surface area contributed by atoms with E-state index in [0.717, 1.165) is 33.0 Å². The first kappa shape index (κ1) is 19.0. The van der Waals surface area contributed by atoms with Crippen molar-refractivity contribution in [3.8, 4) is 0 Å². The second kappa shape index (κ2) is 8.04. The minimum atomic E-state index is -0.470. The smallest absolute Gasteiger partial charge is 0.348 e. The summed E-state index contributed by atoms with van der Waals surface area (Å²) in [5.74, 6) is -0.645. The van der Waals surface area contributed by atoms with E-state index in [1.165, 1.54) is 6.26 Å². The minimum Gasteiger partial charge on any atom is -0.459 e. The van der Waals surface area contributed by atoms with E-state index < -0.39 is 5.97 Å². The monoisotopic (exact) mass is 428 g/mol. The van der Waals surface area contributed by atoms with Gasteiger partial charge in [-0.05, 0) is 35.7 Å². The molecule has 1 amide bonds. The minimum absolute atomic E-state index is 0.0518.